The first-order chi connectivity index (χ1) is 7.83. The minimum atomic E-state index is -4.35. The van der Waals surface area contributed by atoms with Crippen LogP contribution in [-0.4, -0.2) is 12.7 Å². The number of nitriles is 1. The molecule has 1 rings (SSSR count). The van der Waals surface area contributed by atoms with Gasteiger partial charge in [0.2, 0.25) is 0 Å². The fourth-order valence-corrected chi connectivity index (χ4v) is 2.09. The highest BCUT2D eigenvalue weighted by atomic mass is 79.9. The zero-order chi connectivity index (χ0) is 13.1. The fourth-order valence-electron chi connectivity index (χ4n) is 1.18. The number of alkyl halides is 3. The third kappa shape index (κ3) is 4.54. The quantitative estimate of drug-likeness (QED) is 0.916. The van der Waals surface area contributed by atoms with Gasteiger partial charge in [-0.15, -0.1) is 0 Å². The Morgan fingerprint density at radius 2 is 2.12 bits per heavy atom. The maximum atomic E-state index is 12.0. The maximum Gasteiger partial charge on any atom is 0.401 e. The summed E-state index contributed by atoms with van der Waals surface area (Å²) < 4.78 is 36.6. The summed E-state index contributed by atoms with van der Waals surface area (Å²) in [4.78, 5) is 0. The van der Waals surface area contributed by atoms with Crippen molar-refractivity contribution in [1.29, 1.82) is 5.26 Å². The van der Waals surface area contributed by atoms with Gasteiger partial charge in [-0.25, -0.2) is 0 Å². The summed E-state index contributed by atoms with van der Waals surface area (Å²) in [5.74, 6) is 0. The van der Waals surface area contributed by atoms with Gasteiger partial charge in [-0.2, -0.15) is 18.4 Å². The van der Waals surface area contributed by atoms with Gasteiger partial charge in [0.05, 0.1) is 12.6 Å². The monoisotopic (exact) mass is 326 g/mol. The molecule has 1 atom stereocenters. The van der Waals surface area contributed by atoms with Crippen molar-refractivity contribution in [3.8, 4) is 6.07 Å². The first-order valence-electron chi connectivity index (χ1n) is 4.48. The maximum absolute atomic E-state index is 12.0. The molecule has 0 fully saturated rings. The number of hydrogen-bond donors (Lipinski definition) is 1. The molecule has 1 aromatic carbocycles. The Morgan fingerprint density at radius 3 is 2.59 bits per heavy atom. The Hall–Kier alpha value is -0.770. The first-order valence-corrected chi connectivity index (χ1v) is 5.65. The van der Waals surface area contributed by atoms with E-state index in [2.05, 4.69) is 21.2 Å². The Morgan fingerprint density at radius 1 is 1.47 bits per heavy atom. The summed E-state index contributed by atoms with van der Waals surface area (Å²) in [6.45, 7) is -1.22. The van der Waals surface area contributed by atoms with E-state index >= 15 is 0 Å². The Bertz CT molecular complexity index is 442. The summed E-state index contributed by atoms with van der Waals surface area (Å²) in [5, 5.41) is 11.4. The van der Waals surface area contributed by atoms with E-state index in [4.69, 9.17) is 16.9 Å². The van der Waals surface area contributed by atoms with E-state index in [0.717, 1.165) is 0 Å². The molecular formula is C10H7BrClF3N2. The van der Waals surface area contributed by atoms with Crippen molar-refractivity contribution in [3.05, 3.63) is 33.3 Å². The first kappa shape index (κ1) is 14.3. The molecule has 1 unspecified atom stereocenters. The van der Waals surface area contributed by atoms with Gasteiger partial charge in [-0.05, 0) is 17.7 Å². The van der Waals surface area contributed by atoms with Crippen LogP contribution < -0.4 is 5.32 Å². The van der Waals surface area contributed by atoms with Crippen molar-refractivity contribution in [3.63, 3.8) is 0 Å². The Balaban J connectivity index is 2.84. The molecule has 0 amide bonds. The molecule has 17 heavy (non-hydrogen) atoms. The Kier molecular flexibility index (Phi) is 4.80. The number of nitrogens with one attached hydrogen (secondary N) is 1. The van der Waals surface area contributed by atoms with E-state index in [1.165, 1.54) is 18.2 Å². The minimum absolute atomic E-state index is 0.418. The van der Waals surface area contributed by atoms with Gasteiger partial charge >= 0.3 is 6.18 Å². The van der Waals surface area contributed by atoms with Crippen LogP contribution in [0.2, 0.25) is 5.02 Å². The zero-order valence-corrected chi connectivity index (χ0v) is 10.7. The molecule has 0 aliphatic rings. The second-order valence-corrected chi connectivity index (χ2v) is 4.51. The predicted octanol–water partition coefficient (Wildman–Crippen LogP) is 3.82. The van der Waals surface area contributed by atoms with Gasteiger partial charge in [-0.3, -0.25) is 5.32 Å². The van der Waals surface area contributed by atoms with Gasteiger partial charge < -0.3 is 0 Å². The molecule has 1 N–H and O–H groups in total. The SMILES string of the molecule is N#CC(NCC(F)(F)F)c1ccc(Cl)cc1Br. The van der Waals surface area contributed by atoms with Crippen LogP contribution >= 0.6 is 27.5 Å². The van der Waals surface area contributed by atoms with E-state index in [1.54, 1.807) is 6.07 Å². The molecule has 7 heteroatoms. The van der Waals surface area contributed by atoms with Crippen molar-refractivity contribution < 1.29 is 13.2 Å². The molecule has 0 aromatic heterocycles. The molecule has 0 radical (unpaired) electrons. The highest BCUT2D eigenvalue weighted by Gasteiger charge is 2.28. The van der Waals surface area contributed by atoms with Crippen molar-refractivity contribution >= 4 is 27.5 Å². The molecule has 1 aromatic rings. The predicted molar refractivity (Wildman–Crippen MR) is 61.6 cm³/mol. The summed E-state index contributed by atoms with van der Waals surface area (Å²) in [6, 6.07) is 5.27. The summed E-state index contributed by atoms with van der Waals surface area (Å²) in [6.07, 6.45) is -4.35. The molecule has 0 bridgehead atoms. The van der Waals surface area contributed by atoms with Crippen LogP contribution in [0.1, 0.15) is 11.6 Å². The summed E-state index contributed by atoms with van der Waals surface area (Å²) in [7, 11) is 0. The lowest BCUT2D eigenvalue weighted by Crippen LogP contribution is -2.31. The molecule has 0 aliphatic heterocycles. The summed E-state index contributed by atoms with van der Waals surface area (Å²) in [5.41, 5.74) is 0.418. The van der Waals surface area contributed by atoms with Crippen LogP contribution in [0.4, 0.5) is 13.2 Å². The van der Waals surface area contributed by atoms with Gasteiger partial charge in [-0.1, -0.05) is 33.6 Å². The third-order valence-corrected chi connectivity index (χ3v) is 2.83. The Labute approximate surface area is 110 Å². The van der Waals surface area contributed by atoms with Gasteiger partial charge in [0, 0.05) is 9.50 Å². The fraction of sp³-hybridized carbons (Fsp3) is 0.300. The molecule has 0 aliphatic carbocycles. The normalized spacial score (nSPS) is 13.2. The largest absolute Gasteiger partial charge is 0.401 e. The molecule has 92 valence electrons. The molecule has 0 saturated carbocycles. The number of rotatable bonds is 3. The highest BCUT2D eigenvalue weighted by Crippen LogP contribution is 2.27. The van der Waals surface area contributed by atoms with E-state index in [-0.39, 0.29) is 0 Å². The lowest BCUT2D eigenvalue weighted by molar-refractivity contribution is -0.125. The standard InChI is InChI=1S/C10H7BrClF3N2/c11-8-3-6(12)1-2-7(8)9(4-16)17-5-10(13,14)15/h1-3,9,17H,5H2. The molecule has 2 nitrogen and oxygen atoms in total. The number of hydrogen-bond acceptors (Lipinski definition) is 2. The van der Waals surface area contributed by atoms with Gasteiger partial charge in [0.25, 0.3) is 0 Å². The third-order valence-electron chi connectivity index (χ3n) is 1.91. The van der Waals surface area contributed by atoms with E-state index in [9.17, 15) is 13.2 Å². The van der Waals surface area contributed by atoms with Crippen molar-refractivity contribution in [2.24, 2.45) is 0 Å². The number of benzene rings is 1. The van der Waals surface area contributed by atoms with Gasteiger partial charge in [0.15, 0.2) is 0 Å². The van der Waals surface area contributed by atoms with Crippen molar-refractivity contribution in [2.45, 2.75) is 12.2 Å². The molecule has 0 spiro atoms. The van der Waals surface area contributed by atoms with Crippen LogP contribution in [0.25, 0.3) is 0 Å². The van der Waals surface area contributed by atoms with Crippen LogP contribution in [-0.2, 0) is 0 Å². The van der Waals surface area contributed by atoms with E-state index < -0.39 is 18.8 Å². The topological polar surface area (TPSA) is 35.8 Å². The second-order valence-electron chi connectivity index (χ2n) is 3.22. The molecule has 0 heterocycles. The van der Waals surface area contributed by atoms with Crippen molar-refractivity contribution in [2.75, 3.05) is 6.54 Å². The second kappa shape index (κ2) is 5.71. The smallest absolute Gasteiger partial charge is 0.290 e. The van der Waals surface area contributed by atoms with Crippen LogP contribution in [0.15, 0.2) is 22.7 Å². The molecular weight excluding hydrogens is 320 g/mol. The average Bonchev–Trinajstić information content (AvgIpc) is 2.19. The average molecular weight is 328 g/mol. The van der Waals surface area contributed by atoms with Crippen molar-refractivity contribution in [1.82, 2.24) is 5.32 Å². The zero-order valence-electron chi connectivity index (χ0n) is 8.35. The number of halogens is 5. The minimum Gasteiger partial charge on any atom is -0.290 e. The van der Waals surface area contributed by atoms with E-state index in [0.29, 0.717) is 15.1 Å². The molecule has 0 saturated heterocycles. The van der Waals surface area contributed by atoms with Crippen LogP contribution in [0.5, 0.6) is 0 Å². The lowest BCUT2D eigenvalue weighted by Gasteiger charge is -2.15. The lowest BCUT2D eigenvalue weighted by atomic mass is 10.1. The van der Waals surface area contributed by atoms with Crippen LogP contribution in [0.3, 0.4) is 0 Å². The van der Waals surface area contributed by atoms with Crippen LogP contribution in [0, 0.1) is 11.3 Å². The van der Waals surface area contributed by atoms with E-state index in [1.807, 2.05) is 0 Å². The highest BCUT2D eigenvalue weighted by molar-refractivity contribution is 9.10. The summed E-state index contributed by atoms with van der Waals surface area (Å²) >= 11 is 8.85. The number of nitrogens with zero attached hydrogens (tertiary/aromatic N) is 1. The van der Waals surface area contributed by atoms with Gasteiger partial charge in [0.1, 0.15) is 6.04 Å².